The zero-order valence-corrected chi connectivity index (χ0v) is 15.2. The van der Waals surface area contributed by atoms with Crippen molar-refractivity contribution in [3.05, 3.63) is 52.2 Å². The molecule has 1 aliphatic carbocycles. The molecule has 1 N–H and O–H groups in total. The quantitative estimate of drug-likeness (QED) is 0.775. The van der Waals surface area contributed by atoms with E-state index in [1.165, 1.54) is 41.7 Å². The van der Waals surface area contributed by atoms with Crippen molar-refractivity contribution in [1.82, 2.24) is 14.8 Å². The first kappa shape index (κ1) is 16.0. The highest BCUT2D eigenvalue weighted by molar-refractivity contribution is 7.14. The van der Waals surface area contributed by atoms with Crippen molar-refractivity contribution in [2.45, 2.75) is 32.6 Å². The molecule has 5 nitrogen and oxygen atoms in total. The van der Waals surface area contributed by atoms with E-state index in [2.05, 4.69) is 33.6 Å². The Morgan fingerprint density at radius 2 is 2.00 bits per heavy atom. The molecule has 6 heteroatoms. The molecule has 3 aromatic rings. The first-order valence-electron chi connectivity index (χ1n) is 8.50. The van der Waals surface area contributed by atoms with Crippen LogP contribution in [0.5, 0.6) is 0 Å². The molecule has 0 aliphatic heterocycles. The summed E-state index contributed by atoms with van der Waals surface area (Å²) in [5.41, 5.74) is 6.28. The van der Waals surface area contributed by atoms with Gasteiger partial charge in [0.1, 0.15) is 0 Å². The SMILES string of the molecule is Cc1cc(C(=O)Nc2nc(-c3ccc4c(c3)CCCC4)cs2)nn1C. The summed E-state index contributed by atoms with van der Waals surface area (Å²) in [4.78, 5) is 16.9. The molecule has 2 heterocycles. The lowest BCUT2D eigenvalue weighted by atomic mass is 9.90. The maximum absolute atomic E-state index is 12.3. The van der Waals surface area contributed by atoms with E-state index in [1.54, 1.807) is 10.7 Å². The van der Waals surface area contributed by atoms with E-state index in [1.807, 2.05) is 19.4 Å². The lowest BCUT2D eigenvalue weighted by Crippen LogP contribution is -2.12. The van der Waals surface area contributed by atoms with Crippen LogP contribution in [0.2, 0.25) is 0 Å². The van der Waals surface area contributed by atoms with Crippen molar-refractivity contribution in [3.63, 3.8) is 0 Å². The zero-order chi connectivity index (χ0) is 17.4. The van der Waals surface area contributed by atoms with Gasteiger partial charge < -0.3 is 0 Å². The highest BCUT2D eigenvalue weighted by Gasteiger charge is 2.15. The van der Waals surface area contributed by atoms with Gasteiger partial charge in [-0.2, -0.15) is 5.10 Å². The highest BCUT2D eigenvalue weighted by atomic mass is 32.1. The third kappa shape index (κ3) is 3.22. The molecule has 0 spiro atoms. The number of nitrogens with zero attached hydrogens (tertiary/aromatic N) is 3. The molecule has 25 heavy (non-hydrogen) atoms. The van der Waals surface area contributed by atoms with Crippen LogP contribution in [0.3, 0.4) is 0 Å². The Bertz CT molecular complexity index is 921. The van der Waals surface area contributed by atoms with Crippen LogP contribution < -0.4 is 5.32 Å². The fourth-order valence-corrected chi connectivity index (χ4v) is 3.90. The number of thiazole rings is 1. The number of amides is 1. The van der Waals surface area contributed by atoms with Crippen LogP contribution in [0.4, 0.5) is 5.13 Å². The molecule has 1 amide bonds. The number of carbonyl (C=O) groups excluding carboxylic acids is 1. The molecule has 0 saturated heterocycles. The van der Waals surface area contributed by atoms with E-state index in [4.69, 9.17) is 0 Å². The van der Waals surface area contributed by atoms with Gasteiger partial charge in [0.05, 0.1) is 5.69 Å². The average Bonchev–Trinajstić information content (AvgIpc) is 3.21. The minimum atomic E-state index is -0.227. The van der Waals surface area contributed by atoms with Gasteiger partial charge in [0.25, 0.3) is 5.91 Å². The Labute approximate surface area is 150 Å². The number of benzene rings is 1. The van der Waals surface area contributed by atoms with Gasteiger partial charge in [-0.25, -0.2) is 4.98 Å². The van der Waals surface area contributed by atoms with Crippen molar-refractivity contribution < 1.29 is 4.79 Å². The van der Waals surface area contributed by atoms with Crippen LogP contribution in [0.25, 0.3) is 11.3 Å². The van der Waals surface area contributed by atoms with Crippen LogP contribution in [-0.2, 0) is 19.9 Å². The summed E-state index contributed by atoms with van der Waals surface area (Å²) >= 11 is 1.44. The number of hydrogen-bond acceptors (Lipinski definition) is 4. The average molecular weight is 352 g/mol. The number of aromatic nitrogens is 3. The molecule has 0 radical (unpaired) electrons. The molecule has 1 aromatic carbocycles. The Kier molecular flexibility index (Phi) is 4.13. The van der Waals surface area contributed by atoms with Crippen molar-refractivity contribution in [1.29, 1.82) is 0 Å². The van der Waals surface area contributed by atoms with E-state index in [0.29, 0.717) is 10.8 Å². The smallest absolute Gasteiger partial charge is 0.277 e. The third-order valence-corrected chi connectivity index (χ3v) is 5.47. The van der Waals surface area contributed by atoms with Crippen LogP contribution in [0.1, 0.15) is 40.2 Å². The summed E-state index contributed by atoms with van der Waals surface area (Å²) in [5.74, 6) is -0.227. The summed E-state index contributed by atoms with van der Waals surface area (Å²) in [7, 11) is 1.82. The molecular weight excluding hydrogens is 332 g/mol. The maximum atomic E-state index is 12.3. The Hall–Kier alpha value is -2.47. The summed E-state index contributed by atoms with van der Waals surface area (Å²) in [5, 5.41) is 9.63. The van der Waals surface area contributed by atoms with Crippen molar-refractivity contribution in [2.24, 2.45) is 7.05 Å². The van der Waals surface area contributed by atoms with Gasteiger partial charge in [0.2, 0.25) is 0 Å². The monoisotopic (exact) mass is 352 g/mol. The standard InChI is InChI=1S/C19H20N4OS/c1-12-9-16(22-23(12)2)18(24)21-19-20-17(11-25-19)15-8-7-13-5-3-4-6-14(13)10-15/h7-11H,3-6H2,1-2H3,(H,20,21,24). The molecule has 0 unspecified atom stereocenters. The van der Waals surface area contributed by atoms with Gasteiger partial charge in [-0.15, -0.1) is 11.3 Å². The number of fused-ring (bicyclic) bond motifs is 1. The minimum Gasteiger partial charge on any atom is -0.296 e. The first-order chi connectivity index (χ1) is 12.1. The summed E-state index contributed by atoms with van der Waals surface area (Å²) < 4.78 is 1.69. The van der Waals surface area contributed by atoms with E-state index in [-0.39, 0.29) is 5.91 Å². The van der Waals surface area contributed by atoms with Crippen molar-refractivity contribution in [3.8, 4) is 11.3 Å². The molecule has 0 fully saturated rings. The normalized spacial score (nSPS) is 13.5. The van der Waals surface area contributed by atoms with E-state index >= 15 is 0 Å². The fourth-order valence-electron chi connectivity index (χ4n) is 3.19. The highest BCUT2D eigenvalue weighted by Crippen LogP contribution is 2.29. The second-order valence-electron chi connectivity index (χ2n) is 6.48. The van der Waals surface area contributed by atoms with Gasteiger partial charge in [-0.3, -0.25) is 14.8 Å². The van der Waals surface area contributed by atoms with Gasteiger partial charge >= 0.3 is 0 Å². The molecule has 128 valence electrons. The van der Waals surface area contributed by atoms with Crippen LogP contribution in [0, 0.1) is 6.92 Å². The second-order valence-corrected chi connectivity index (χ2v) is 7.34. The predicted molar refractivity (Wildman–Crippen MR) is 100 cm³/mol. The molecule has 1 aliphatic rings. The summed E-state index contributed by atoms with van der Waals surface area (Å²) in [6, 6.07) is 8.37. The number of nitrogens with one attached hydrogen (secondary N) is 1. The lowest BCUT2D eigenvalue weighted by molar-refractivity contribution is 0.102. The van der Waals surface area contributed by atoms with Crippen LogP contribution >= 0.6 is 11.3 Å². The molecular formula is C19H20N4OS. The van der Waals surface area contributed by atoms with Crippen molar-refractivity contribution >= 4 is 22.4 Å². The third-order valence-electron chi connectivity index (χ3n) is 4.72. The molecule has 0 saturated carbocycles. The van der Waals surface area contributed by atoms with Crippen LogP contribution in [-0.4, -0.2) is 20.7 Å². The van der Waals surface area contributed by atoms with E-state index < -0.39 is 0 Å². The number of rotatable bonds is 3. The molecule has 0 atom stereocenters. The van der Waals surface area contributed by atoms with E-state index in [9.17, 15) is 4.79 Å². The zero-order valence-electron chi connectivity index (χ0n) is 14.4. The van der Waals surface area contributed by atoms with Gasteiger partial charge in [0.15, 0.2) is 10.8 Å². The summed E-state index contributed by atoms with van der Waals surface area (Å²) in [6.45, 7) is 1.92. The van der Waals surface area contributed by atoms with E-state index in [0.717, 1.165) is 23.4 Å². The molecule has 2 aromatic heterocycles. The number of aryl methyl sites for hydroxylation is 4. The van der Waals surface area contributed by atoms with Gasteiger partial charge in [-0.05, 0) is 55.9 Å². The number of hydrogen-bond donors (Lipinski definition) is 1. The topological polar surface area (TPSA) is 59.8 Å². The first-order valence-corrected chi connectivity index (χ1v) is 9.38. The van der Waals surface area contributed by atoms with Crippen LogP contribution in [0.15, 0.2) is 29.6 Å². The fraction of sp³-hybridized carbons (Fsp3) is 0.316. The van der Waals surface area contributed by atoms with Gasteiger partial charge in [-0.1, -0.05) is 12.1 Å². The maximum Gasteiger partial charge on any atom is 0.277 e. The van der Waals surface area contributed by atoms with Crippen molar-refractivity contribution in [2.75, 3.05) is 5.32 Å². The largest absolute Gasteiger partial charge is 0.296 e. The Morgan fingerprint density at radius 1 is 1.20 bits per heavy atom. The minimum absolute atomic E-state index is 0.227. The van der Waals surface area contributed by atoms with Gasteiger partial charge in [0, 0.05) is 23.7 Å². The molecule has 0 bridgehead atoms. The second kappa shape index (κ2) is 6.44. The predicted octanol–water partition coefficient (Wildman–Crippen LogP) is 3.98. The number of carbonyl (C=O) groups is 1. The molecule has 4 rings (SSSR count). The Balaban J connectivity index is 1.53. The Morgan fingerprint density at radius 3 is 2.76 bits per heavy atom. The summed E-state index contributed by atoms with van der Waals surface area (Å²) in [6.07, 6.45) is 4.87. The lowest BCUT2D eigenvalue weighted by Gasteiger charge is -2.16. The number of anilines is 1.